The maximum Gasteiger partial charge on any atom is 0.200 e. The summed E-state index contributed by atoms with van der Waals surface area (Å²) in [6, 6.07) is 13.0. The molecular weight excluding hydrogens is 299 g/mol. The van der Waals surface area contributed by atoms with Crippen LogP contribution < -0.4 is 4.74 Å². The molecule has 4 heteroatoms. The van der Waals surface area contributed by atoms with E-state index in [1.54, 1.807) is 30.3 Å². The number of hydrogen-bond donors (Lipinski definition) is 0. The third-order valence-corrected chi connectivity index (χ3v) is 2.76. The van der Waals surface area contributed by atoms with E-state index >= 15 is 0 Å². The van der Waals surface area contributed by atoms with Gasteiger partial charge >= 0.3 is 0 Å². The van der Waals surface area contributed by atoms with E-state index in [9.17, 15) is 9.18 Å². The van der Waals surface area contributed by atoms with Crippen LogP contribution in [0.25, 0.3) is 0 Å². The van der Waals surface area contributed by atoms with E-state index in [-0.39, 0.29) is 12.4 Å². The van der Waals surface area contributed by atoms with Crippen molar-refractivity contribution in [3.05, 3.63) is 64.4 Å². The molecule has 0 unspecified atom stereocenters. The average molecular weight is 309 g/mol. The molecule has 0 aliphatic rings. The highest BCUT2D eigenvalue weighted by atomic mass is 79.9. The van der Waals surface area contributed by atoms with E-state index in [4.69, 9.17) is 4.74 Å². The summed E-state index contributed by atoms with van der Waals surface area (Å²) in [5.74, 6) is -0.228. The standard InChI is InChI=1S/C14H10BrFO2/c15-11-6-12(16)8-13(7-11)18-9-14(17)10-4-2-1-3-5-10/h1-8H,9H2. The van der Waals surface area contributed by atoms with Crippen molar-refractivity contribution in [1.29, 1.82) is 0 Å². The maximum absolute atomic E-state index is 13.1. The largest absolute Gasteiger partial charge is 0.485 e. The molecule has 2 aromatic carbocycles. The zero-order valence-electron chi connectivity index (χ0n) is 9.40. The molecule has 0 bridgehead atoms. The van der Waals surface area contributed by atoms with Crippen molar-refractivity contribution in [3.63, 3.8) is 0 Å². The van der Waals surface area contributed by atoms with E-state index in [1.807, 2.05) is 6.07 Å². The van der Waals surface area contributed by atoms with Gasteiger partial charge in [-0.25, -0.2) is 4.39 Å². The highest BCUT2D eigenvalue weighted by molar-refractivity contribution is 9.10. The first-order chi connectivity index (χ1) is 8.65. The minimum absolute atomic E-state index is 0.111. The highest BCUT2D eigenvalue weighted by Gasteiger charge is 2.07. The van der Waals surface area contributed by atoms with Crippen molar-refractivity contribution in [2.75, 3.05) is 6.61 Å². The van der Waals surface area contributed by atoms with Gasteiger partial charge in [-0.15, -0.1) is 0 Å². The number of carbonyl (C=O) groups excluding carboxylic acids is 1. The summed E-state index contributed by atoms with van der Waals surface area (Å²) in [6.45, 7) is -0.111. The average Bonchev–Trinajstić information content (AvgIpc) is 2.36. The Labute approximate surface area is 113 Å². The molecule has 0 N–H and O–H groups in total. The summed E-state index contributed by atoms with van der Waals surface area (Å²) >= 11 is 3.16. The smallest absolute Gasteiger partial charge is 0.200 e. The number of carbonyl (C=O) groups is 1. The number of ketones is 1. The number of rotatable bonds is 4. The van der Waals surface area contributed by atoms with Crippen LogP contribution in [0.5, 0.6) is 5.75 Å². The van der Waals surface area contributed by atoms with E-state index in [2.05, 4.69) is 15.9 Å². The molecule has 0 aliphatic carbocycles. The topological polar surface area (TPSA) is 26.3 Å². The molecule has 2 aromatic rings. The number of ether oxygens (including phenoxy) is 1. The van der Waals surface area contributed by atoms with Crippen LogP contribution in [0.3, 0.4) is 0 Å². The summed E-state index contributed by atoms with van der Waals surface area (Å²) in [6.07, 6.45) is 0. The quantitative estimate of drug-likeness (QED) is 0.802. The molecule has 92 valence electrons. The SMILES string of the molecule is O=C(COc1cc(F)cc(Br)c1)c1ccccc1. The van der Waals surface area contributed by atoms with Gasteiger partial charge in [0.25, 0.3) is 0 Å². The molecule has 2 nitrogen and oxygen atoms in total. The maximum atomic E-state index is 13.1. The van der Waals surface area contributed by atoms with Crippen molar-refractivity contribution in [1.82, 2.24) is 0 Å². The Balaban J connectivity index is 2.02. The number of benzene rings is 2. The molecule has 2 rings (SSSR count). The number of halogens is 2. The van der Waals surface area contributed by atoms with Crippen molar-refractivity contribution in [2.45, 2.75) is 0 Å². The van der Waals surface area contributed by atoms with Gasteiger partial charge in [0.05, 0.1) is 0 Å². The second kappa shape index (κ2) is 5.78. The summed E-state index contributed by atoms with van der Waals surface area (Å²) < 4.78 is 18.9. The fourth-order valence-electron chi connectivity index (χ4n) is 1.47. The first kappa shape index (κ1) is 12.8. The zero-order valence-corrected chi connectivity index (χ0v) is 11.0. The van der Waals surface area contributed by atoms with Crippen molar-refractivity contribution in [2.24, 2.45) is 0 Å². The van der Waals surface area contributed by atoms with Crippen LogP contribution in [0, 0.1) is 5.82 Å². The van der Waals surface area contributed by atoms with Crippen molar-refractivity contribution in [3.8, 4) is 5.75 Å². The Bertz CT molecular complexity index is 535. The van der Waals surface area contributed by atoms with Crippen LogP contribution in [0.15, 0.2) is 53.0 Å². The van der Waals surface area contributed by atoms with E-state index < -0.39 is 5.82 Å². The minimum Gasteiger partial charge on any atom is -0.485 e. The monoisotopic (exact) mass is 308 g/mol. The van der Waals surface area contributed by atoms with Gasteiger partial charge < -0.3 is 4.74 Å². The fraction of sp³-hybridized carbons (Fsp3) is 0.0714. The molecule has 18 heavy (non-hydrogen) atoms. The van der Waals surface area contributed by atoms with Crippen LogP contribution >= 0.6 is 15.9 Å². The molecule has 0 spiro atoms. The second-order valence-electron chi connectivity index (χ2n) is 3.68. The Morgan fingerprint density at radius 2 is 1.89 bits per heavy atom. The molecule has 0 aromatic heterocycles. The Kier molecular flexibility index (Phi) is 4.10. The van der Waals surface area contributed by atoms with E-state index in [1.165, 1.54) is 12.1 Å². The van der Waals surface area contributed by atoms with E-state index in [0.717, 1.165) is 0 Å². The first-order valence-electron chi connectivity index (χ1n) is 5.32. The minimum atomic E-state index is -0.411. The predicted molar refractivity (Wildman–Crippen MR) is 70.4 cm³/mol. The van der Waals surface area contributed by atoms with Crippen molar-refractivity contribution >= 4 is 21.7 Å². The van der Waals surface area contributed by atoms with Gasteiger partial charge in [0.15, 0.2) is 12.4 Å². The van der Waals surface area contributed by atoms with Crippen LogP contribution in [0.4, 0.5) is 4.39 Å². The lowest BCUT2D eigenvalue weighted by atomic mass is 10.1. The molecule has 0 saturated heterocycles. The van der Waals surface area contributed by atoms with Crippen LogP contribution in [-0.2, 0) is 0 Å². The molecule has 0 atom stereocenters. The molecule has 0 fully saturated rings. The highest BCUT2D eigenvalue weighted by Crippen LogP contribution is 2.20. The van der Waals surface area contributed by atoms with Gasteiger partial charge in [-0.05, 0) is 12.1 Å². The summed E-state index contributed by atoms with van der Waals surface area (Å²) in [7, 11) is 0. The second-order valence-corrected chi connectivity index (χ2v) is 4.60. The lowest BCUT2D eigenvalue weighted by Gasteiger charge is -2.06. The van der Waals surface area contributed by atoms with Gasteiger partial charge in [0, 0.05) is 16.1 Å². The Hall–Kier alpha value is -1.68. The van der Waals surface area contributed by atoms with Gasteiger partial charge in [0.1, 0.15) is 11.6 Å². The molecule has 0 radical (unpaired) electrons. The first-order valence-corrected chi connectivity index (χ1v) is 6.11. The van der Waals surface area contributed by atoms with Gasteiger partial charge in [-0.2, -0.15) is 0 Å². The van der Waals surface area contributed by atoms with Crippen molar-refractivity contribution < 1.29 is 13.9 Å². The zero-order chi connectivity index (χ0) is 13.0. The Morgan fingerprint density at radius 3 is 2.56 bits per heavy atom. The van der Waals surface area contributed by atoms with Gasteiger partial charge in [-0.1, -0.05) is 46.3 Å². The van der Waals surface area contributed by atoms with Gasteiger partial charge in [-0.3, -0.25) is 4.79 Å². The van der Waals surface area contributed by atoms with Crippen LogP contribution in [0.1, 0.15) is 10.4 Å². The van der Waals surface area contributed by atoms with Gasteiger partial charge in [0.2, 0.25) is 0 Å². The molecule has 0 saturated carbocycles. The lowest BCUT2D eigenvalue weighted by molar-refractivity contribution is 0.0921. The summed E-state index contributed by atoms with van der Waals surface area (Å²) in [5, 5.41) is 0. The molecule has 0 amide bonds. The third kappa shape index (κ3) is 3.40. The number of Topliss-reactive ketones (excluding diaryl/α,β-unsaturated/α-hetero) is 1. The Morgan fingerprint density at radius 1 is 1.17 bits per heavy atom. The predicted octanol–water partition coefficient (Wildman–Crippen LogP) is 3.85. The molecule has 0 aliphatic heterocycles. The lowest BCUT2D eigenvalue weighted by Crippen LogP contribution is -2.11. The van der Waals surface area contributed by atoms with Crippen LogP contribution in [0.2, 0.25) is 0 Å². The summed E-state index contributed by atoms with van der Waals surface area (Å²) in [5.41, 5.74) is 0.577. The van der Waals surface area contributed by atoms with E-state index in [0.29, 0.717) is 15.8 Å². The van der Waals surface area contributed by atoms with Crippen LogP contribution in [-0.4, -0.2) is 12.4 Å². The molecular formula is C14H10BrFO2. The number of hydrogen-bond acceptors (Lipinski definition) is 2. The fourth-order valence-corrected chi connectivity index (χ4v) is 1.91. The molecule has 0 heterocycles. The third-order valence-electron chi connectivity index (χ3n) is 2.30. The summed E-state index contributed by atoms with van der Waals surface area (Å²) in [4.78, 5) is 11.8. The normalized spacial score (nSPS) is 10.1.